The van der Waals surface area contributed by atoms with Crippen molar-refractivity contribution in [3.8, 4) is 0 Å². The van der Waals surface area contributed by atoms with Gasteiger partial charge in [0.1, 0.15) is 11.6 Å². The molecule has 0 aliphatic heterocycles. The molecule has 3 N–H and O–H groups in total. The molecular formula is C28H35F5N2O2. The van der Waals surface area contributed by atoms with Crippen molar-refractivity contribution in [2.45, 2.75) is 88.6 Å². The summed E-state index contributed by atoms with van der Waals surface area (Å²) in [5.74, 6) is -4.02. The van der Waals surface area contributed by atoms with Gasteiger partial charge < -0.3 is 15.7 Å². The van der Waals surface area contributed by atoms with Crippen LogP contribution in [0, 0.1) is 11.6 Å². The third-order valence-corrected chi connectivity index (χ3v) is 7.05. The maximum Gasteiger partial charge on any atom is 0.471 e. The van der Waals surface area contributed by atoms with Crippen LogP contribution in [0.4, 0.5) is 22.0 Å². The number of carbonyl (C=O) groups is 1. The highest BCUT2D eigenvalue weighted by Gasteiger charge is 2.41. The smallest absolute Gasteiger partial charge is 0.390 e. The Morgan fingerprint density at radius 2 is 1.62 bits per heavy atom. The molecule has 0 heterocycles. The topological polar surface area (TPSA) is 61.4 Å². The summed E-state index contributed by atoms with van der Waals surface area (Å²) in [5, 5.41) is 16.2. The largest absolute Gasteiger partial charge is 0.471 e. The van der Waals surface area contributed by atoms with Crippen LogP contribution in [-0.4, -0.2) is 35.9 Å². The second-order valence-electron chi connectivity index (χ2n) is 11.0. The van der Waals surface area contributed by atoms with Gasteiger partial charge in [0, 0.05) is 18.2 Å². The van der Waals surface area contributed by atoms with E-state index in [1.807, 2.05) is 17.4 Å². The lowest BCUT2D eigenvalue weighted by atomic mass is 9.74. The normalized spacial score (nSPS) is 17.8. The summed E-state index contributed by atoms with van der Waals surface area (Å²) in [6.07, 6.45) is -2.51. The minimum atomic E-state index is -5.17. The molecule has 2 unspecified atom stereocenters. The number of nitrogens with one attached hydrogen (secondary N) is 2. The zero-order chi connectivity index (χ0) is 27.4. The van der Waals surface area contributed by atoms with Crippen LogP contribution < -0.4 is 10.6 Å². The number of halogens is 5. The number of hydrogen-bond acceptors (Lipinski definition) is 3. The molecule has 0 spiro atoms. The average Bonchev–Trinajstić information content (AvgIpc) is 2.81. The second-order valence-corrected chi connectivity index (χ2v) is 11.0. The Balaban J connectivity index is 1.85. The van der Waals surface area contributed by atoms with E-state index >= 15 is 0 Å². The van der Waals surface area contributed by atoms with Crippen LogP contribution in [0.5, 0.6) is 0 Å². The molecule has 1 aliphatic carbocycles. The Kier molecular flexibility index (Phi) is 9.01. The van der Waals surface area contributed by atoms with Gasteiger partial charge in [-0.3, -0.25) is 4.79 Å². The lowest BCUT2D eigenvalue weighted by Gasteiger charge is -2.41. The van der Waals surface area contributed by atoms with E-state index in [4.69, 9.17) is 0 Å². The van der Waals surface area contributed by atoms with Crippen LogP contribution in [0.2, 0.25) is 0 Å². The summed E-state index contributed by atoms with van der Waals surface area (Å²) in [4.78, 5) is 11.7. The van der Waals surface area contributed by atoms with Crippen LogP contribution in [0.25, 0.3) is 0 Å². The van der Waals surface area contributed by atoms with Crippen LogP contribution in [0.1, 0.15) is 69.6 Å². The van der Waals surface area contributed by atoms with E-state index in [9.17, 15) is 31.9 Å². The van der Waals surface area contributed by atoms with Crippen LogP contribution in [-0.2, 0) is 22.2 Å². The van der Waals surface area contributed by atoms with Gasteiger partial charge in [-0.05, 0) is 53.5 Å². The standard InChI is InChI=1S/C28H35F5N2O2/c1-26(2,3)19-8-7-9-20(15-19)27(10-5-4-6-11-27)34-17-24(36)23(35-25(37)28(31,32)33)14-18-12-21(29)16-22(30)13-18/h7-9,12-13,15-16,23-24,34,36H,4-6,10-11,14,17H2,1-3H3,(H,35,37). The minimum absolute atomic E-state index is 0.0225. The Bertz CT molecular complexity index is 1050. The number of amides is 1. The first-order valence-electron chi connectivity index (χ1n) is 12.6. The Morgan fingerprint density at radius 1 is 1.00 bits per heavy atom. The Hall–Kier alpha value is -2.52. The number of aliphatic hydroxyl groups is 1. The highest BCUT2D eigenvalue weighted by molar-refractivity contribution is 5.82. The predicted octanol–water partition coefficient (Wildman–Crippen LogP) is 5.66. The van der Waals surface area contributed by atoms with Gasteiger partial charge in [0.25, 0.3) is 0 Å². The summed E-state index contributed by atoms with van der Waals surface area (Å²) in [7, 11) is 0. The summed E-state index contributed by atoms with van der Waals surface area (Å²) in [5.41, 5.74) is 1.62. The fourth-order valence-electron chi connectivity index (χ4n) is 4.96. The maximum absolute atomic E-state index is 13.7. The highest BCUT2D eigenvalue weighted by atomic mass is 19.4. The van der Waals surface area contributed by atoms with Crippen LogP contribution in [0.3, 0.4) is 0 Å². The molecule has 3 rings (SSSR count). The van der Waals surface area contributed by atoms with E-state index in [1.54, 1.807) is 0 Å². The number of rotatable bonds is 8. The van der Waals surface area contributed by atoms with Crippen molar-refractivity contribution >= 4 is 5.91 Å². The summed E-state index contributed by atoms with van der Waals surface area (Å²) in [6, 6.07) is 9.33. The molecule has 1 fully saturated rings. The first-order valence-corrected chi connectivity index (χ1v) is 12.6. The van der Waals surface area contributed by atoms with E-state index in [-0.39, 0.29) is 23.9 Å². The number of benzene rings is 2. The Morgan fingerprint density at radius 3 is 2.19 bits per heavy atom. The number of aliphatic hydroxyl groups excluding tert-OH is 1. The van der Waals surface area contributed by atoms with Gasteiger partial charge in [-0.15, -0.1) is 0 Å². The molecule has 1 amide bonds. The third-order valence-electron chi connectivity index (χ3n) is 7.05. The fraction of sp³-hybridized carbons (Fsp3) is 0.536. The minimum Gasteiger partial charge on any atom is -0.390 e. The number of hydrogen-bond donors (Lipinski definition) is 3. The fourth-order valence-corrected chi connectivity index (χ4v) is 4.96. The molecule has 0 bridgehead atoms. The van der Waals surface area contributed by atoms with Gasteiger partial charge in [-0.1, -0.05) is 64.3 Å². The monoisotopic (exact) mass is 526 g/mol. The molecule has 0 aromatic heterocycles. The SMILES string of the molecule is CC(C)(C)c1cccc(C2(NCC(O)C(Cc3cc(F)cc(F)c3)NC(=O)C(F)(F)F)CCCCC2)c1. The highest BCUT2D eigenvalue weighted by Crippen LogP contribution is 2.38. The van der Waals surface area contributed by atoms with Gasteiger partial charge >= 0.3 is 12.1 Å². The van der Waals surface area contributed by atoms with E-state index in [1.165, 1.54) is 0 Å². The molecular weight excluding hydrogens is 491 g/mol. The average molecular weight is 527 g/mol. The van der Waals surface area contributed by atoms with Gasteiger partial charge in [-0.25, -0.2) is 8.78 Å². The van der Waals surface area contributed by atoms with E-state index in [0.717, 1.165) is 55.4 Å². The molecule has 0 radical (unpaired) electrons. The summed E-state index contributed by atoms with van der Waals surface area (Å²) < 4.78 is 66.4. The van der Waals surface area contributed by atoms with Crippen molar-refractivity contribution in [3.05, 3.63) is 70.8 Å². The molecule has 2 aromatic carbocycles. The van der Waals surface area contributed by atoms with Gasteiger partial charge in [0.05, 0.1) is 12.1 Å². The molecule has 204 valence electrons. The van der Waals surface area contributed by atoms with Crippen molar-refractivity contribution in [2.24, 2.45) is 0 Å². The third kappa shape index (κ3) is 7.74. The number of alkyl halides is 3. The van der Waals surface area contributed by atoms with E-state index in [2.05, 4.69) is 38.2 Å². The number of carbonyl (C=O) groups excluding carboxylic acids is 1. The molecule has 9 heteroatoms. The van der Waals surface area contributed by atoms with Crippen molar-refractivity contribution in [1.29, 1.82) is 0 Å². The van der Waals surface area contributed by atoms with Crippen LogP contribution in [0.15, 0.2) is 42.5 Å². The first kappa shape index (κ1) is 29.0. The summed E-state index contributed by atoms with van der Waals surface area (Å²) in [6.45, 7) is 6.21. The molecule has 2 aromatic rings. The molecule has 1 aliphatic rings. The summed E-state index contributed by atoms with van der Waals surface area (Å²) >= 11 is 0. The first-order chi connectivity index (χ1) is 17.2. The molecule has 4 nitrogen and oxygen atoms in total. The molecule has 1 saturated carbocycles. The van der Waals surface area contributed by atoms with Crippen molar-refractivity contribution in [3.63, 3.8) is 0 Å². The Labute approximate surface area is 214 Å². The molecule has 0 saturated heterocycles. The molecule has 2 atom stereocenters. The lowest BCUT2D eigenvalue weighted by Crippen LogP contribution is -2.55. The van der Waals surface area contributed by atoms with Gasteiger partial charge in [0.2, 0.25) is 0 Å². The zero-order valence-corrected chi connectivity index (χ0v) is 21.4. The lowest BCUT2D eigenvalue weighted by molar-refractivity contribution is -0.175. The van der Waals surface area contributed by atoms with Crippen LogP contribution >= 0.6 is 0 Å². The van der Waals surface area contributed by atoms with Gasteiger partial charge in [0.15, 0.2) is 0 Å². The van der Waals surface area contributed by atoms with Crippen molar-refractivity contribution < 1.29 is 31.9 Å². The zero-order valence-electron chi connectivity index (χ0n) is 21.4. The quantitative estimate of drug-likeness (QED) is 0.389. The van der Waals surface area contributed by atoms with Gasteiger partial charge in [-0.2, -0.15) is 13.2 Å². The van der Waals surface area contributed by atoms with E-state index < -0.39 is 41.4 Å². The van der Waals surface area contributed by atoms with Crippen molar-refractivity contribution in [2.75, 3.05) is 6.54 Å². The van der Waals surface area contributed by atoms with Crippen molar-refractivity contribution in [1.82, 2.24) is 10.6 Å². The molecule has 37 heavy (non-hydrogen) atoms. The van der Waals surface area contributed by atoms with E-state index in [0.29, 0.717) is 6.07 Å². The predicted molar refractivity (Wildman–Crippen MR) is 132 cm³/mol. The second kappa shape index (κ2) is 11.5. The maximum atomic E-state index is 13.7.